The first-order valence-electron chi connectivity index (χ1n) is 6.60. The van der Waals surface area contributed by atoms with Crippen LogP contribution in [0.4, 0.5) is 0 Å². The van der Waals surface area contributed by atoms with Crippen molar-refractivity contribution >= 4 is 10.8 Å². The number of ether oxygens (including phenoxy) is 1. The molecule has 19 heavy (non-hydrogen) atoms. The highest BCUT2D eigenvalue weighted by molar-refractivity contribution is 5.83. The van der Waals surface area contributed by atoms with Crippen LogP contribution in [0.5, 0.6) is 0 Å². The first-order chi connectivity index (χ1) is 9.20. The van der Waals surface area contributed by atoms with E-state index in [0.29, 0.717) is 13.2 Å². The van der Waals surface area contributed by atoms with Crippen LogP contribution in [0.25, 0.3) is 10.8 Å². The van der Waals surface area contributed by atoms with Gasteiger partial charge in [-0.1, -0.05) is 36.4 Å². The maximum atomic E-state index is 9.63. The van der Waals surface area contributed by atoms with Crippen LogP contribution >= 0.6 is 0 Å². The smallest absolute Gasteiger partial charge is 0.0897 e. The number of hydrogen-bond donors (Lipinski definition) is 2. The van der Waals surface area contributed by atoms with E-state index >= 15 is 0 Å². The zero-order valence-corrected chi connectivity index (χ0v) is 11.5. The van der Waals surface area contributed by atoms with E-state index in [0.717, 1.165) is 0 Å². The summed E-state index contributed by atoms with van der Waals surface area (Å²) < 4.78 is 4.91. The van der Waals surface area contributed by atoms with Crippen LogP contribution in [-0.2, 0) is 4.74 Å². The van der Waals surface area contributed by atoms with Gasteiger partial charge in [-0.05, 0) is 29.3 Å². The maximum absolute atomic E-state index is 9.63. The lowest BCUT2D eigenvalue weighted by Gasteiger charge is -2.17. The van der Waals surface area contributed by atoms with Crippen LogP contribution in [0, 0.1) is 0 Å². The van der Waals surface area contributed by atoms with Crippen molar-refractivity contribution in [2.45, 2.75) is 19.1 Å². The van der Waals surface area contributed by atoms with Gasteiger partial charge in [0.25, 0.3) is 0 Å². The second-order valence-corrected chi connectivity index (χ2v) is 4.85. The number of aliphatic hydroxyl groups excluding tert-OH is 1. The molecule has 0 spiro atoms. The fourth-order valence-electron chi connectivity index (χ4n) is 2.16. The molecule has 0 saturated heterocycles. The summed E-state index contributed by atoms with van der Waals surface area (Å²) in [6, 6.07) is 15.0. The van der Waals surface area contributed by atoms with E-state index in [4.69, 9.17) is 4.74 Å². The summed E-state index contributed by atoms with van der Waals surface area (Å²) in [7, 11) is 1.59. The molecule has 102 valence electrons. The Morgan fingerprint density at radius 3 is 2.63 bits per heavy atom. The molecule has 3 heteroatoms. The van der Waals surface area contributed by atoms with Crippen LogP contribution < -0.4 is 5.32 Å². The van der Waals surface area contributed by atoms with Gasteiger partial charge in [-0.25, -0.2) is 0 Å². The number of fused-ring (bicyclic) bond motifs is 1. The third-order valence-electron chi connectivity index (χ3n) is 3.29. The summed E-state index contributed by atoms with van der Waals surface area (Å²) in [4.78, 5) is 0. The Kier molecular flexibility index (Phi) is 4.91. The van der Waals surface area contributed by atoms with E-state index in [1.54, 1.807) is 7.11 Å². The Morgan fingerprint density at radius 1 is 1.16 bits per heavy atom. The quantitative estimate of drug-likeness (QED) is 0.837. The Hall–Kier alpha value is -1.42. The second-order valence-electron chi connectivity index (χ2n) is 4.85. The molecule has 0 aliphatic rings. The predicted octanol–water partition coefficient (Wildman–Crippen LogP) is 2.50. The molecule has 2 atom stereocenters. The van der Waals surface area contributed by atoms with Crippen LogP contribution in [-0.4, -0.2) is 31.5 Å². The molecule has 2 aromatic rings. The second kappa shape index (κ2) is 6.66. The van der Waals surface area contributed by atoms with E-state index in [9.17, 15) is 5.11 Å². The van der Waals surface area contributed by atoms with E-state index in [2.05, 4.69) is 42.6 Å². The zero-order valence-electron chi connectivity index (χ0n) is 11.5. The van der Waals surface area contributed by atoms with E-state index < -0.39 is 6.10 Å². The lowest BCUT2D eigenvalue weighted by Crippen LogP contribution is -2.31. The fourth-order valence-corrected chi connectivity index (χ4v) is 2.16. The van der Waals surface area contributed by atoms with Gasteiger partial charge in [0.05, 0.1) is 12.7 Å². The van der Waals surface area contributed by atoms with Crippen molar-refractivity contribution in [2.75, 3.05) is 20.3 Å². The largest absolute Gasteiger partial charge is 0.389 e. The first-order valence-corrected chi connectivity index (χ1v) is 6.60. The molecule has 0 bridgehead atoms. The van der Waals surface area contributed by atoms with Gasteiger partial charge in [-0.15, -0.1) is 0 Å². The minimum Gasteiger partial charge on any atom is -0.389 e. The molecule has 0 radical (unpaired) electrons. The van der Waals surface area contributed by atoms with Crippen LogP contribution in [0.3, 0.4) is 0 Å². The third kappa shape index (κ3) is 3.77. The topological polar surface area (TPSA) is 41.5 Å². The molecule has 0 aliphatic carbocycles. The van der Waals surface area contributed by atoms with Gasteiger partial charge in [0.2, 0.25) is 0 Å². The molecule has 2 N–H and O–H groups in total. The number of hydrogen-bond acceptors (Lipinski definition) is 3. The Morgan fingerprint density at radius 2 is 1.89 bits per heavy atom. The van der Waals surface area contributed by atoms with Gasteiger partial charge in [-0.3, -0.25) is 0 Å². The van der Waals surface area contributed by atoms with Gasteiger partial charge in [0.15, 0.2) is 0 Å². The standard InChI is InChI=1S/C16H21NO2/c1-12(17-10-16(18)11-19-2)14-8-7-13-5-3-4-6-15(13)9-14/h3-9,12,16-18H,10-11H2,1-2H3. The van der Waals surface area contributed by atoms with Gasteiger partial charge >= 0.3 is 0 Å². The van der Waals surface area contributed by atoms with Gasteiger partial charge in [0.1, 0.15) is 0 Å². The minimum absolute atomic E-state index is 0.205. The molecule has 2 unspecified atom stereocenters. The molecule has 0 amide bonds. The average Bonchev–Trinajstić information content (AvgIpc) is 2.44. The molecule has 2 rings (SSSR count). The number of nitrogens with one attached hydrogen (secondary N) is 1. The summed E-state index contributed by atoms with van der Waals surface area (Å²) in [5, 5.41) is 15.4. The van der Waals surface area contributed by atoms with Crippen molar-refractivity contribution in [1.82, 2.24) is 5.32 Å². The number of rotatable bonds is 6. The molecule has 0 heterocycles. The summed E-state index contributed by atoms with van der Waals surface area (Å²) in [5.41, 5.74) is 1.23. The molecule has 0 aromatic heterocycles. The van der Waals surface area contributed by atoms with Crippen molar-refractivity contribution in [3.63, 3.8) is 0 Å². The summed E-state index contributed by atoms with van der Waals surface area (Å²) in [6.07, 6.45) is -0.465. The SMILES string of the molecule is COCC(O)CNC(C)c1ccc2ccccc2c1. The molecule has 0 saturated carbocycles. The highest BCUT2D eigenvalue weighted by Crippen LogP contribution is 2.20. The molecule has 3 nitrogen and oxygen atoms in total. The average molecular weight is 259 g/mol. The van der Waals surface area contributed by atoms with E-state index in [1.807, 2.05) is 12.1 Å². The molecule has 0 fully saturated rings. The highest BCUT2D eigenvalue weighted by atomic mass is 16.5. The van der Waals surface area contributed by atoms with Crippen molar-refractivity contribution in [3.8, 4) is 0 Å². The maximum Gasteiger partial charge on any atom is 0.0897 e. The van der Waals surface area contributed by atoms with Crippen molar-refractivity contribution < 1.29 is 9.84 Å². The Balaban J connectivity index is 2.02. The number of methoxy groups -OCH3 is 1. The number of aliphatic hydroxyl groups is 1. The van der Waals surface area contributed by atoms with Crippen LogP contribution in [0.15, 0.2) is 42.5 Å². The van der Waals surface area contributed by atoms with Crippen molar-refractivity contribution in [2.24, 2.45) is 0 Å². The molecule has 2 aromatic carbocycles. The molecule has 0 aliphatic heterocycles. The predicted molar refractivity (Wildman–Crippen MR) is 78.2 cm³/mol. The van der Waals surface area contributed by atoms with Crippen LogP contribution in [0.1, 0.15) is 18.5 Å². The van der Waals surface area contributed by atoms with Gasteiger partial charge in [0, 0.05) is 19.7 Å². The highest BCUT2D eigenvalue weighted by Gasteiger charge is 2.08. The third-order valence-corrected chi connectivity index (χ3v) is 3.29. The molecular formula is C16H21NO2. The van der Waals surface area contributed by atoms with E-state index in [-0.39, 0.29) is 6.04 Å². The van der Waals surface area contributed by atoms with E-state index in [1.165, 1.54) is 16.3 Å². The summed E-state index contributed by atoms with van der Waals surface area (Å²) in [5.74, 6) is 0. The van der Waals surface area contributed by atoms with Crippen molar-refractivity contribution in [3.05, 3.63) is 48.0 Å². The lowest BCUT2D eigenvalue weighted by molar-refractivity contribution is 0.0630. The Labute approximate surface area is 114 Å². The Bertz CT molecular complexity index is 527. The lowest BCUT2D eigenvalue weighted by atomic mass is 10.0. The van der Waals surface area contributed by atoms with Crippen LogP contribution in [0.2, 0.25) is 0 Å². The zero-order chi connectivity index (χ0) is 13.7. The fraction of sp³-hybridized carbons (Fsp3) is 0.375. The van der Waals surface area contributed by atoms with Gasteiger partial charge in [-0.2, -0.15) is 0 Å². The van der Waals surface area contributed by atoms with Gasteiger partial charge < -0.3 is 15.2 Å². The normalized spacial score (nSPS) is 14.5. The first kappa shape index (κ1) is 14.0. The molecular weight excluding hydrogens is 238 g/mol. The summed E-state index contributed by atoms with van der Waals surface area (Å²) in [6.45, 7) is 2.99. The number of benzene rings is 2. The van der Waals surface area contributed by atoms with Crippen molar-refractivity contribution in [1.29, 1.82) is 0 Å². The minimum atomic E-state index is -0.465. The summed E-state index contributed by atoms with van der Waals surface area (Å²) >= 11 is 0. The monoisotopic (exact) mass is 259 g/mol.